The van der Waals surface area contributed by atoms with E-state index < -0.39 is 0 Å². The second-order valence-electron chi connectivity index (χ2n) is 6.53. The smallest absolute Gasteiger partial charge is 0.224 e. The van der Waals surface area contributed by atoms with Gasteiger partial charge in [0.2, 0.25) is 5.88 Å². The highest BCUT2D eigenvalue weighted by atomic mass is 127. The fraction of sp³-hybridized carbons (Fsp3) is 0.318. The van der Waals surface area contributed by atoms with Gasteiger partial charge in [-0.25, -0.2) is 9.97 Å². The molecular weight excluding hydrogens is 525 g/mol. The molecule has 31 heavy (non-hydrogen) atoms. The van der Waals surface area contributed by atoms with Crippen LogP contribution in [-0.2, 0) is 13.1 Å². The molecule has 0 saturated carbocycles. The van der Waals surface area contributed by atoms with Crippen LogP contribution in [-0.4, -0.2) is 29.6 Å². The van der Waals surface area contributed by atoms with E-state index in [4.69, 9.17) is 9.47 Å². The Labute approximate surface area is 204 Å². The zero-order valence-electron chi connectivity index (χ0n) is 17.9. The summed E-state index contributed by atoms with van der Waals surface area (Å²) < 4.78 is 11.6. The molecule has 0 atom stereocenters. The first-order chi connectivity index (χ1) is 14.7. The second kappa shape index (κ2) is 13.1. The molecular formula is C22H28IN5O2S. The molecule has 0 radical (unpaired) electrons. The number of hydrogen-bond donors (Lipinski definition) is 2. The predicted molar refractivity (Wildman–Crippen MR) is 136 cm³/mol. The highest BCUT2D eigenvalue weighted by Gasteiger charge is 2.08. The van der Waals surface area contributed by atoms with Crippen LogP contribution >= 0.6 is 35.3 Å². The number of halogens is 1. The largest absolute Gasteiger partial charge is 0.494 e. The number of nitrogens with one attached hydrogen (secondary N) is 2. The molecule has 3 rings (SSSR count). The summed E-state index contributed by atoms with van der Waals surface area (Å²) >= 11 is 1.67. The fourth-order valence-corrected chi connectivity index (χ4v) is 3.35. The molecule has 3 aromatic rings. The van der Waals surface area contributed by atoms with Crippen LogP contribution in [0, 0.1) is 6.92 Å². The number of benzene rings is 1. The molecule has 0 spiro atoms. The first-order valence-electron chi connectivity index (χ1n) is 9.88. The van der Waals surface area contributed by atoms with E-state index in [-0.39, 0.29) is 24.0 Å². The van der Waals surface area contributed by atoms with E-state index >= 15 is 0 Å². The number of aliphatic imine (C=N–C) groups is 1. The third-order valence-corrected chi connectivity index (χ3v) is 5.02. The lowest BCUT2D eigenvalue weighted by Crippen LogP contribution is -2.36. The van der Waals surface area contributed by atoms with E-state index in [2.05, 4.69) is 32.5 Å². The fourth-order valence-electron chi connectivity index (χ4n) is 2.63. The number of aromatic nitrogens is 2. The maximum absolute atomic E-state index is 5.99. The molecule has 0 aliphatic rings. The first kappa shape index (κ1) is 24.9. The highest BCUT2D eigenvalue weighted by Crippen LogP contribution is 2.25. The van der Waals surface area contributed by atoms with Crippen molar-refractivity contribution in [1.29, 1.82) is 0 Å². The summed E-state index contributed by atoms with van der Waals surface area (Å²) in [6.45, 7) is 5.98. The Morgan fingerprint density at radius 3 is 2.48 bits per heavy atom. The topological polar surface area (TPSA) is 80.7 Å². The summed E-state index contributed by atoms with van der Waals surface area (Å²) in [5.74, 6) is 2.78. The molecule has 0 aliphatic heterocycles. The van der Waals surface area contributed by atoms with Crippen molar-refractivity contribution in [3.8, 4) is 17.4 Å². The monoisotopic (exact) mass is 553 g/mol. The van der Waals surface area contributed by atoms with Crippen molar-refractivity contribution in [3.05, 3.63) is 64.2 Å². The van der Waals surface area contributed by atoms with Gasteiger partial charge in [0.15, 0.2) is 5.96 Å². The van der Waals surface area contributed by atoms with Crippen LogP contribution in [0.2, 0.25) is 0 Å². The molecule has 0 fully saturated rings. The van der Waals surface area contributed by atoms with E-state index in [1.165, 1.54) is 4.88 Å². The summed E-state index contributed by atoms with van der Waals surface area (Å²) in [7, 11) is 1.74. The van der Waals surface area contributed by atoms with E-state index in [9.17, 15) is 0 Å². The van der Waals surface area contributed by atoms with Gasteiger partial charge in [-0.3, -0.25) is 4.99 Å². The Hall–Kier alpha value is -2.40. The molecule has 9 heteroatoms. The van der Waals surface area contributed by atoms with Crippen LogP contribution in [0.1, 0.15) is 28.8 Å². The molecule has 0 bridgehead atoms. The van der Waals surface area contributed by atoms with Crippen LogP contribution in [0.3, 0.4) is 0 Å². The average Bonchev–Trinajstić information content (AvgIpc) is 3.19. The van der Waals surface area contributed by atoms with E-state index in [0.29, 0.717) is 37.3 Å². The molecule has 1 aromatic carbocycles. The van der Waals surface area contributed by atoms with Crippen molar-refractivity contribution < 1.29 is 9.47 Å². The summed E-state index contributed by atoms with van der Waals surface area (Å²) in [6, 6.07) is 11.4. The van der Waals surface area contributed by atoms with E-state index in [1.807, 2.05) is 49.5 Å². The number of hydrogen-bond acceptors (Lipinski definition) is 6. The Morgan fingerprint density at radius 1 is 1.06 bits per heavy atom. The van der Waals surface area contributed by atoms with Crippen LogP contribution in [0.25, 0.3) is 0 Å². The number of guanidine groups is 1. The Kier molecular flexibility index (Phi) is 10.5. The highest BCUT2D eigenvalue weighted by molar-refractivity contribution is 14.0. The molecule has 2 N–H and O–H groups in total. The van der Waals surface area contributed by atoms with Gasteiger partial charge in [-0.2, -0.15) is 0 Å². The van der Waals surface area contributed by atoms with E-state index in [1.54, 1.807) is 24.6 Å². The minimum absolute atomic E-state index is 0. The summed E-state index contributed by atoms with van der Waals surface area (Å²) in [5.41, 5.74) is 0.928. The molecule has 0 aliphatic carbocycles. The SMILES string of the molecule is CCCOc1ccc(Oc2ncccc2CNC(=NC)NCc2ncc(C)s2)cc1.I. The second-order valence-corrected chi connectivity index (χ2v) is 7.85. The van der Waals surface area contributed by atoms with Crippen molar-refractivity contribution in [2.24, 2.45) is 4.99 Å². The zero-order valence-corrected chi connectivity index (χ0v) is 21.1. The standard InChI is InChI=1S/C22H27N5O2S.HI/c1-4-12-28-18-7-9-19(10-8-18)29-21-17(6-5-11-24-21)14-26-22(23-3)27-15-20-25-13-16(2)30-20;/h5-11,13H,4,12,14-15H2,1-3H3,(H2,23,26,27);1H. The average molecular weight is 553 g/mol. The van der Waals surface area contributed by atoms with Gasteiger partial charge >= 0.3 is 0 Å². The van der Waals surface area contributed by atoms with Crippen LogP contribution in [0.4, 0.5) is 0 Å². The summed E-state index contributed by atoms with van der Waals surface area (Å²) in [6.07, 6.45) is 4.57. The lowest BCUT2D eigenvalue weighted by atomic mass is 10.2. The zero-order chi connectivity index (χ0) is 21.2. The quantitative estimate of drug-likeness (QED) is 0.223. The lowest BCUT2D eigenvalue weighted by Gasteiger charge is -2.14. The molecule has 166 valence electrons. The lowest BCUT2D eigenvalue weighted by molar-refractivity contribution is 0.317. The minimum atomic E-state index is 0. The molecule has 7 nitrogen and oxygen atoms in total. The maximum atomic E-state index is 5.99. The van der Waals surface area contributed by atoms with Crippen LogP contribution in [0.5, 0.6) is 17.4 Å². The van der Waals surface area contributed by atoms with Crippen molar-refractivity contribution in [1.82, 2.24) is 20.6 Å². The van der Waals surface area contributed by atoms with Gasteiger partial charge in [-0.1, -0.05) is 13.0 Å². The molecule has 0 unspecified atom stereocenters. The number of pyridine rings is 1. The third-order valence-electron chi connectivity index (χ3n) is 4.11. The number of ether oxygens (including phenoxy) is 2. The number of thiazole rings is 1. The molecule has 0 amide bonds. The van der Waals surface area contributed by atoms with Gasteiger partial charge < -0.3 is 20.1 Å². The Bertz CT molecular complexity index is 963. The van der Waals surface area contributed by atoms with Gasteiger partial charge in [0.05, 0.1) is 13.2 Å². The summed E-state index contributed by atoms with van der Waals surface area (Å²) in [5, 5.41) is 7.59. The number of nitrogens with zero attached hydrogens (tertiary/aromatic N) is 3. The maximum Gasteiger partial charge on any atom is 0.224 e. The Balaban J connectivity index is 0.00000341. The van der Waals surface area contributed by atoms with Gasteiger partial charge in [-0.15, -0.1) is 35.3 Å². The van der Waals surface area contributed by atoms with Gasteiger partial charge in [0, 0.05) is 36.4 Å². The van der Waals surface area contributed by atoms with E-state index in [0.717, 1.165) is 22.7 Å². The van der Waals surface area contributed by atoms with Crippen LogP contribution in [0.15, 0.2) is 53.8 Å². The van der Waals surface area contributed by atoms with Crippen LogP contribution < -0.4 is 20.1 Å². The third kappa shape index (κ3) is 7.98. The summed E-state index contributed by atoms with van der Waals surface area (Å²) in [4.78, 5) is 14.2. The first-order valence-corrected chi connectivity index (χ1v) is 10.7. The molecule has 2 heterocycles. The van der Waals surface area contributed by atoms with Crippen molar-refractivity contribution in [2.45, 2.75) is 33.4 Å². The predicted octanol–water partition coefficient (Wildman–Crippen LogP) is 4.91. The van der Waals surface area contributed by atoms with Gasteiger partial charge in [-0.05, 0) is 43.7 Å². The Morgan fingerprint density at radius 2 is 1.81 bits per heavy atom. The normalized spacial score (nSPS) is 10.9. The van der Waals surface area contributed by atoms with Crippen molar-refractivity contribution in [3.63, 3.8) is 0 Å². The minimum Gasteiger partial charge on any atom is -0.494 e. The van der Waals surface area contributed by atoms with Gasteiger partial charge in [0.25, 0.3) is 0 Å². The van der Waals surface area contributed by atoms with Crippen molar-refractivity contribution in [2.75, 3.05) is 13.7 Å². The molecule has 0 saturated heterocycles. The number of rotatable bonds is 9. The van der Waals surface area contributed by atoms with Crippen molar-refractivity contribution >= 4 is 41.3 Å². The molecule has 2 aromatic heterocycles. The number of aryl methyl sites for hydroxylation is 1. The van der Waals surface area contributed by atoms with Gasteiger partial charge in [0.1, 0.15) is 16.5 Å².